The fraction of sp³-hybridized carbons (Fsp3) is 0.333. The molecule has 18 heavy (non-hydrogen) atoms. The molecule has 0 saturated carbocycles. The highest BCUT2D eigenvalue weighted by molar-refractivity contribution is 6.34. The fourth-order valence-electron chi connectivity index (χ4n) is 2.03. The van der Waals surface area contributed by atoms with Gasteiger partial charge in [0.05, 0.1) is 0 Å². The molecule has 1 atom stereocenters. The van der Waals surface area contributed by atoms with Gasteiger partial charge >= 0.3 is 6.03 Å². The number of hydrogen-bond acceptors (Lipinski definition) is 2. The molecular formula is C12H13Cl2N3O. The van der Waals surface area contributed by atoms with Gasteiger partial charge in [-0.2, -0.15) is 4.99 Å². The van der Waals surface area contributed by atoms with Crippen LogP contribution in [0.1, 0.15) is 25.5 Å². The molecule has 1 aromatic rings. The fourth-order valence-corrected chi connectivity index (χ4v) is 2.44. The van der Waals surface area contributed by atoms with Crippen LogP contribution in [0.3, 0.4) is 0 Å². The van der Waals surface area contributed by atoms with Crippen LogP contribution in [0.2, 0.25) is 10.0 Å². The van der Waals surface area contributed by atoms with Crippen LogP contribution in [0.25, 0.3) is 0 Å². The maximum Gasteiger partial charge on any atom is 0.346 e. The van der Waals surface area contributed by atoms with Gasteiger partial charge in [0.1, 0.15) is 11.9 Å². The molecule has 2 rings (SSSR count). The molecule has 0 bridgehead atoms. The Balaban J connectivity index is 2.51. The molecule has 2 N–H and O–H groups in total. The summed E-state index contributed by atoms with van der Waals surface area (Å²) < 4.78 is 0. The molecule has 4 nitrogen and oxygen atoms in total. The smallest absolute Gasteiger partial charge is 0.346 e. The number of carbonyl (C=O) groups is 1. The van der Waals surface area contributed by atoms with Crippen LogP contribution in [-0.2, 0) is 0 Å². The molecule has 1 aliphatic rings. The van der Waals surface area contributed by atoms with Gasteiger partial charge < -0.3 is 10.6 Å². The van der Waals surface area contributed by atoms with Crippen molar-refractivity contribution < 1.29 is 4.79 Å². The van der Waals surface area contributed by atoms with Crippen LogP contribution in [0, 0.1) is 0 Å². The van der Waals surface area contributed by atoms with Crippen molar-refractivity contribution in [3.63, 3.8) is 0 Å². The molecule has 0 saturated heterocycles. The van der Waals surface area contributed by atoms with Gasteiger partial charge in [-0.3, -0.25) is 0 Å². The van der Waals surface area contributed by atoms with Crippen LogP contribution >= 0.6 is 23.2 Å². The monoisotopic (exact) mass is 285 g/mol. The third-order valence-electron chi connectivity index (χ3n) is 2.81. The number of benzene rings is 1. The Labute approximate surface area is 115 Å². The second-order valence-electron chi connectivity index (χ2n) is 4.39. The SMILES string of the molecule is CC(C)N1C(=O)N=C(N)C1c1cc(Cl)ccc1Cl. The highest BCUT2D eigenvalue weighted by Crippen LogP contribution is 2.34. The molecule has 1 heterocycles. The summed E-state index contributed by atoms with van der Waals surface area (Å²) in [5.74, 6) is 0.248. The normalized spacial score (nSPS) is 19.6. The van der Waals surface area contributed by atoms with E-state index in [0.29, 0.717) is 15.6 Å². The number of nitrogens with zero attached hydrogens (tertiary/aromatic N) is 2. The van der Waals surface area contributed by atoms with Crippen LogP contribution in [0.4, 0.5) is 4.79 Å². The highest BCUT2D eigenvalue weighted by Gasteiger charge is 2.37. The Hall–Kier alpha value is -1.26. The number of amidine groups is 1. The van der Waals surface area contributed by atoms with Crippen LogP contribution in [-0.4, -0.2) is 22.8 Å². The second-order valence-corrected chi connectivity index (χ2v) is 5.23. The Bertz CT molecular complexity index is 528. The maximum absolute atomic E-state index is 11.8. The van der Waals surface area contributed by atoms with Crippen LogP contribution in [0.5, 0.6) is 0 Å². The van der Waals surface area contributed by atoms with Crippen molar-refractivity contribution in [2.24, 2.45) is 10.7 Å². The van der Waals surface area contributed by atoms with E-state index in [1.165, 1.54) is 0 Å². The Morgan fingerprint density at radius 2 is 2.06 bits per heavy atom. The average Bonchev–Trinajstić information content (AvgIpc) is 2.57. The summed E-state index contributed by atoms with van der Waals surface area (Å²) in [6.45, 7) is 3.80. The van der Waals surface area contributed by atoms with Crippen molar-refractivity contribution in [3.8, 4) is 0 Å². The van der Waals surface area contributed by atoms with Crippen molar-refractivity contribution in [1.82, 2.24) is 4.90 Å². The van der Waals surface area contributed by atoms with Gasteiger partial charge in [-0.15, -0.1) is 0 Å². The number of nitrogens with two attached hydrogens (primary N) is 1. The van der Waals surface area contributed by atoms with Gasteiger partial charge in [-0.05, 0) is 32.0 Å². The van der Waals surface area contributed by atoms with Crippen molar-refractivity contribution in [2.75, 3.05) is 0 Å². The first kappa shape index (κ1) is 13.2. The molecule has 1 aromatic carbocycles. The van der Waals surface area contributed by atoms with E-state index < -0.39 is 6.04 Å². The van der Waals surface area contributed by atoms with Crippen molar-refractivity contribution in [2.45, 2.75) is 25.9 Å². The minimum absolute atomic E-state index is 0.0256. The summed E-state index contributed by atoms with van der Waals surface area (Å²) in [5, 5.41) is 1.06. The summed E-state index contributed by atoms with van der Waals surface area (Å²) in [4.78, 5) is 17.2. The summed E-state index contributed by atoms with van der Waals surface area (Å²) >= 11 is 12.1. The molecule has 1 aliphatic heterocycles. The lowest BCUT2D eigenvalue weighted by Gasteiger charge is -2.28. The molecule has 0 aromatic heterocycles. The van der Waals surface area contributed by atoms with Gasteiger partial charge in [-0.1, -0.05) is 23.2 Å². The summed E-state index contributed by atoms with van der Waals surface area (Å²) in [5.41, 5.74) is 6.53. The lowest BCUT2D eigenvalue weighted by atomic mass is 10.0. The average molecular weight is 286 g/mol. The topological polar surface area (TPSA) is 58.7 Å². The summed E-state index contributed by atoms with van der Waals surface area (Å²) in [6, 6.07) is 4.28. The van der Waals surface area contributed by atoms with E-state index in [-0.39, 0.29) is 17.9 Å². The second kappa shape index (κ2) is 4.78. The van der Waals surface area contributed by atoms with Gasteiger partial charge in [0.2, 0.25) is 0 Å². The van der Waals surface area contributed by atoms with Gasteiger partial charge in [0.25, 0.3) is 0 Å². The van der Waals surface area contributed by atoms with Crippen molar-refractivity contribution >= 4 is 35.1 Å². The Kier molecular flexibility index (Phi) is 3.50. The van der Waals surface area contributed by atoms with Crippen LogP contribution in [0.15, 0.2) is 23.2 Å². The van der Waals surface area contributed by atoms with Crippen LogP contribution < -0.4 is 5.73 Å². The zero-order valence-corrected chi connectivity index (χ0v) is 11.5. The molecule has 0 radical (unpaired) electrons. The highest BCUT2D eigenvalue weighted by atomic mass is 35.5. The Morgan fingerprint density at radius 1 is 1.39 bits per heavy atom. The predicted molar refractivity (Wildman–Crippen MR) is 73.2 cm³/mol. The lowest BCUT2D eigenvalue weighted by molar-refractivity contribution is 0.190. The number of amides is 2. The molecule has 96 valence electrons. The first-order valence-corrected chi connectivity index (χ1v) is 6.28. The first-order valence-electron chi connectivity index (χ1n) is 5.53. The van der Waals surface area contributed by atoms with E-state index in [9.17, 15) is 4.79 Å². The van der Waals surface area contributed by atoms with E-state index >= 15 is 0 Å². The van der Waals surface area contributed by atoms with Gasteiger partial charge in [0, 0.05) is 21.7 Å². The number of urea groups is 1. The number of halogens is 2. The number of carbonyl (C=O) groups excluding carboxylic acids is 1. The standard InChI is InChI=1S/C12H13Cl2N3O/c1-6(2)17-10(11(15)16-12(17)18)8-5-7(13)3-4-9(8)14/h3-6,10H,1-2H3,(H2,15,16,18). The van der Waals surface area contributed by atoms with E-state index in [2.05, 4.69) is 4.99 Å². The number of hydrogen-bond donors (Lipinski definition) is 1. The zero-order chi connectivity index (χ0) is 13.4. The maximum atomic E-state index is 11.8. The van der Waals surface area contributed by atoms with Gasteiger partial charge in [0.15, 0.2) is 0 Å². The quantitative estimate of drug-likeness (QED) is 0.907. The molecule has 6 heteroatoms. The molecule has 0 fully saturated rings. The minimum Gasteiger partial charge on any atom is -0.385 e. The van der Waals surface area contributed by atoms with Crippen molar-refractivity contribution in [3.05, 3.63) is 33.8 Å². The molecule has 1 unspecified atom stereocenters. The molecular weight excluding hydrogens is 273 g/mol. The summed E-state index contributed by atoms with van der Waals surface area (Å²) in [6.07, 6.45) is 0. The molecule has 2 amide bonds. The third-order valence-corrected chi connectivity index (χ3v) is 3.39. The Morgan fingerprint density at radius 3 is 2.67 bits per heavy atom. The lowest BCUT2D eigenvalue weighted by Crippen LogP contribution is -2.38. The van der Waals surface area contributed by atoms with E-state index in [0.717, 1.165) is 0 Å². The van der Waals surface area contributed by atoms with Crippen molar-refractivity contribution in [1.29, 1.82) is 0 Å². The number of rotatable bonds is 2. The van der Waals surface area contributed by atoms with E-state index in [1.807, 2.05) is 13.8 Å². The molecule has 0 spiro atoms. The van der Waals surface area contributed by atoms with Gasteiger partial charge in [-0.25, -0.2) is 4.79 Å². The minimum atomic E-state index is -0.441. The molecule has 0 aliphatic carbocycles. The predicted octanol–water partition coefficient (Wildman–Crippen LogP) is 3.24. The van der Waals surface area contributed by atoms with E-state index in [4.69, 9.17) is 28.9 Å². The van der Waals surface area contributed by atoms with E-state index in [1.54, 1.807) is 23.1 Å². The third kappa shape index (κ3) is 2.18. The largest absolute Gasteiger partial charge is 0.385 e. The first-order chi connectivity index (χ1) is 8.41. The summed E-state index contributed by atoms with van der Waals surface area (Å²) in [7, 11) is 0. The number of aliphatic imine (C=N–C) groups is 1. The zero-order valence-electron chi connectivity index (χ0n) is 10.0.